The minimum atomic E-state index is -4.61. The van der Waals surface area contributed by atoms with E-state index in [1.807, 2.05) is 0 Å². The number of pyridine rings is 1. The number of nitrogens with zero attached hydrogens (tertiary/aromatic N) is 4. The molecule has 3 rings (SSSR count). The largest absolute Gasteiger partial charge is 0.504 e. The number of aromatic nitrogens is 2. The molecule has 0 aliphatic heterocycles. The summed E-state index contributed by atoms with van der Waals surface area (Å²) in [5.41, 5.74) is -0.673. The number of aryl methyl sites for hydroxylation is 1. The number of rotatable bonds is 2. The van der Waals surface area contributed by atoms with Crippen LogP contribution in [-0.4, -0.2) is 14.5 Å². The summed E-state index contributed by atoms with van der Waals surface area (Å²) >= 11 is 5.63. The van der Waals surface area contributed by atoms with E-state index >= 15 is 0 Å². The fraction of sp³-hybridized carbons (Fsp3) is 0.133. The van der Waals surface area contributed by atoms with Gasteiger partial charge in [0.05, 0.1) is 16.9 Å². The maximum Gasteiger partial charge on any atom is 0.418 e. The van der Waals surface area contributed by atoms with Gasteiger partial charge in [-0.2, -0.15) is 13.2 Å². The van der Waals surface area contributed by atoms with Crippen LogP contribution in [0, 0.1) is 6.92 Å². The third kappa shape index (κ3) is 2.92. The van der Waals surface area contributed by atoms with Crippen LogP contribution < -0.4 is 0 Å². The minimum Gasteiger partial charge on any atom is -0.504 e. The summed E-state index contributed by atoms with van der Waals surface area (Å²) in [6.07, 6.45) is -3.03. The van der Waals surface area contributed by atoms with E-state index in [2.05, 4.69) is 15.2 Å². The Kier molecular flexibility index (Phi) is 3.92. The van der Waals surface area contributed by atoms with Gasteiger partial charge in [-0.05, 0) is 37.3 Å². The lowest BCUT2D eigenvalue weighted by atomic mass is 10.2. The molecule has 124 valence electrons. The van der Waals surface area contributed by atoms with Crippen LogP contribution in [0.1, 0.15) is 11.3 Å². The first-order valence-electron chi connectivity index (χ1n) is 6.72. The number of imidazole rings is 1. The van der Waals surface area contributed by atoms with Crippen LogP contribution in [-0.2, 0) is 6.18 Å². The Morgan fingerprint density at radius 3 is 2.67 bits per heavy atom. The molecule has 9 heteroatoms. The number of hydrogen-bond acceptors (Lipinski definition) is 4. The van der Waals surface area contributed by atoms with Crippen LogP contribution in [0.3, 0.4) is 0 Å². The van der Waals surface area contributed by atoms with Crippen molar-refractivity contribution < 1.29 is 18.3 Å². The van der Waals surface area contributed by atoms with Gasteiger partial charge in [-0.25, -0.2) is 4.98 Å². The number of benzene rings is 1. The van der Waals surface area contributed by atoms with Gasteiger partial charge in [0.1, 0.15) is 0 Å². The highest BCUT2D eigenvalue weighted by Crippen LogP contribution is 2.38. The van der Waals surface area contributed by atoms with Crippen LogP contribution in [0.25, 0.3) is 5.65 Å². The first kappa shape index (κ1) is 16.3. The summed E-state index contributed by atoms with van der Waals surface area (Å²) in [6, 6.07) is 6.25. The van der Waals surface area contributed by atoms with Gasteiger partial charge in [0, 0.05) is 11.2 Å². The number of halogens is 4. The van der Waals surface area contributed by atoms with Crippen molar-refractivity contribution >= 4 is 28.8 Å². The SMILES string of the molecule is Cc1nc2c(O)cccn2c1N=Nc1ccc(Cl)cc1C(F)(F)F. The smallest absolute Gasteiger partial charge is 0.418 e. The lowest BCUT2D eigenvalue weighted by Gasteiger charge is -2.09. The molecule has 0 bridgehead atoms. The highest BCUT2D eigenvalue weighted by Gasteiger charge is 2.34. The van der Waals surface area contributed by atoms with Crippen molar-refractivity contribution in [1.82, 2.24) is 9.38 Å². The Labute approximate surface area is 139 Å². The molecule has 0 spiro atoms. The van der Waals surface area contributed by atoms with E-state index in [4.69, 9.17) is 11.6 Å². The van der Waals surface area contributed by atoms with E-state index in [1.165, 1.54) is 16.5 Å². The maximum absolute atomic E-state index is 13.1. The van der Waals surface area contributed by atoms with E-state index in [-0.39, 0.29) is 27.9 Å². The van der Waals surface area contributed by atoms with E-state index < -0.39 is 11.7 Å². The number of hydrogen-bond donors (Lipinski definition) is 1. The summed E-state index contributed by atoms with van der Waals surface area (Å²) in [4.78, 5) is 4.13. The van der Waals surface area contributed by atoms with E-state index in [9.17, 15) is 18.3 Å². The van der Waals surface area contributed by atoms with E-state index in [0.717, 1.165) is 12.1 Å². The third-order valence-corrected chi connectivity index (χ3v) is 3.52. The second-order valence-electron chi connectivity index (χ2n) is 4.97. The molecule has 0 fully saturated rings. The van der Waals surface area contributed by atoms with Crippen LogP contribution in [0.2, 0.25) is 5.02 Å². The number of fused-ring (bicyclic) bond motifs is 1. The number of aromatic hydroxyl groups is 1. The molecule has 1 N–H and O–H groups in total. The lowest BCUT2D eigenvalue weighted by molar-refractivity contribution is -0.137. The Morgan fingerprint density at radius 1 is 1.21 bits per heavy atom. The predicted molar refractivity (Wildman–Crippen MR) is 82.2 cm³/mol. The third-order valence-electron chi connectivity index (χ3n) is 3.29. The zero-order chi connectivity index (χ0) is 17.5. The average molecular weight is 355 g/mol. The zero-order valence-electron chi connectivity index (χ0n) is 12.2. The molecule has 0 unspecified atom stereocenters. The van der Waals surface area contributed by atoms with E-state index in [1.54, 1.807) is 19.2 Å². The van der Waals surface area contributed by atoms with E-state index in [0.29, 0.717) is 5.69 Å². The van der Waals surface area contributed by atoms with Gasteiger partial charge in [0.15, 0.2) is 17.2 Å². The normalized spacial score (nSPS) is 12.4. The quantitative estimate of drug-likeness (QED) is 0.623. The highest BCUT2D eigenvalue weighted by molar-refractivity contribution is 6.30. The Morgan fingerprint density at radius 2 is 1.96 bits per heavy atom. The topological polar surface area (TPSA) is 62.2 Å². The Balaban J connectivity index is 2.10. The van der Waals surface area contributed by atoms with Gasteiger partial charge in [-0.15, -0.1) is 10.2 Å². The minimum absolute atomic E-state index is 0.0443. The molecule has 0 aliphatic carbocycles. The van der Waals surface area contributed by atoms with Crippen LogP contribution in [0.5, 0.6) is 5.75 Å². The maximum atomic E-state index is 13.1. The lowest BCUT2D eigenvalue weighted by Crippen LogP contribution is -2.04. The molecule has 0 saturated heterocycles. The van der Waals surface area contributed by atoms with Crippen molar-refractivity contribution in [1.29, 1.82) is 0 Å². The van der Waals surface area contributed by atoms with Gasteiger partial charge < -0.3 is 5.11 Å². The molecule has 1 aromatic carbocycles. The Bertz CT molecular complexity index is 950. The Hall–Kier alpha value is -2.61. The molecule has 0 aliphatic rings. The van der Waals surface area contributed by atoms with Crippen LogP contribution in [0.15, 0.2) is 46.8 Å². The summed E-state index contributed by atoms with van der Waals surface area (Å²) < 4.78 is 40.6. The fourth-order valence-electron chi connectivity index (χ4n) is 2.20. The first-order valence-corrected chi connectivity index (χ1v) is 7.10. The molecule has 0 atom stereocenters. The molecule has 5 nitrogen and oxygen atoms in total. The fourth-order valence-corrected chi connectivity index (χ4v) is 2.37. The summed E-state index contributed by atoms with van der Waals surface area (Å²) in [5.74, 6) is 0.161. The van der Waals surface area contributed by atoms with Crippen molar-refractivity contribution in [3.8, 4) is 5.75 Å². The van der Waals surface area contributed by atoms with Crippen LogP contribution in [0.4, 0.5) is 24.7 Å². The molecular formula is C15H10ClF3N4O. The van der Waals surface area contributed by atoms with Gasteiger partial charge in [0.2, 0.25) is 0 Å². The molecule has 0 radical (unpaired) electrons. The summed E-state index contributed by atoms with van der Waals surface area (Å²) in [6.45, 7) is 1.62. The van der Waals surface area contributed by atoms with Crippen molar-refractivity contribution in [2.45, 2.75) is 13.1 Å². The van der Waals surface area contributed by atoms with Crippen molar-refractivity contribution in [2.24, 2.45) is 10.2 Å². The van der Waals surface area contributed by atoms with Crippen molar-refractivity contribution in [2.75, 3.05) is 0 Å². The summed E-state index contributed by atoms with van der Waals surface area (Å²) in [7, 11) is 0. The second-order valence-corrected chi connectivity index (χ2v) is 5.40. The molecule has 3 aromatic rings. The molecule has 24 heavy (non-hydrogen) atoms. The van der Waals surface area contributed by atoms with Gasteiger partial charge in [-0.1, -0.05) is 11.6 Å². The monoisotopic (exact) mass is 354 g/mol. The highest BCUT2D eigenvalue weighted by atomic mass is 35.5. The molecule has 0 amide bonds. The van der Waals surface area contributed by atoms with Crippen molar-refractivity contribution in [3.05, 3.63) is 52.8 Å². The van der Waals surface area contributed by atoms with Gasteiger partial charge in [-0.3, -0.25) is 4.40 Å². The zero-order valence-corrected chi connectivity index (χ0v) is 13.0. The van der Waals surface area contributed by atoms with Crippen LogP contribution >= 0.6 is 11.6 Å². The van der Waals surface area contributed by atoms with Gasteiger partial charge >= 0.3 is 6.18 Å². The first-order chi connectivity index (χ1) is 11.3. The molecule has 2 heterocycles. The number of alkyl halides is 3. The molecule has 0 saturated carbocycles. The predicted octanol–water partition coefficient (Wildman–Crippen LogP) is 5.44. The standard InChI is InChI=1S/C15H10ClF3N4O/c1-8-13(23-6-2-3-12(24)14(23)20-8)22-21-11-5-4-9(16)7-10(11)15(17,18)19/h2-7,24H,1H3. The summed E-state index contributed by atoms with van der Waals surface area (Å²) in [5, 5.41) is 17.3. The van der Waals surface area contributed by atoms with Crippen molar-refractivity contribution in [3.63, 3.8) is 0 Å². The number of azo groups is 1. The molecule has 2 aromatic heterocycles. The van der Waals surface area contributed by atoms with Gasteiger partial charge in [0.25, 0.3) is 0 Å². The average Bonchev–Trinajstić information content (AvgIpc) is 2.82. The molecular weight excluding hydrogens is 345 g/mol. The second kappa shape index (κ2) is 5.79.